The van der Waals surface area contributed by atoms with Gasteiger partial charge in [-0.05, 0) is 17.7 Å². The molecule has 0 amide bonds. The molecule has 2 aromatic heterocycles. The Labute approximate surface area is 156 Å². The van der Waals surface area contributed by atoms with E-state index in [1.165, 1.54) is 16.2 Å². The highest BCUT2D eigenvalue weighted by Gasteiger charge is 2.19. The van der Waals surface area contributed by atoms with Crippen LogP contribution in [0.4, 0.5) is 0 Å². The van der Waals surface area contributed by atoms with Gasteiger partial charge in [0.1, 0.15) is 12.2 Å². The fraction of sp³-hybridized carbons (Fsp3) is 0.250. The monoisotopic (exact) mass is 396 g/mol. The Bertz CT molecular complexity index is 1160. The fourth-order valence-corrected chi connectivity index (χ4v) is 3.06. The van der Waals surface area contributed by atoms with E-state index in [4.69, 9.17) is 28.3 Å². The van der Waals surface area contributed by atoms with Crippen molar-refractivity contribution in [1.29, 1.82) is 0 Å². The summed E-state index contributed by atoms with van der Waals surface area (Å²) in [5.41, 5.74) is -0.187. The molecule has 1 N–H and O–H groups in total. The number of aryl methyl sites for hydroxylation is 2. The third-order valence-corrected chi connectivity index (χ3v) is 4.83. The number of fused-ring (bicyclic) bond motifs is 1. The largest absolute Gasteiger partial charge is 0.481 e. The Kier molecular flexibility index (Phi) is 4.64. The molecule has 3 rings (SSSR count). The first-order valence-electron chi connectivity index (χ1n) is 7.51. The average Bonchev–Trinajstić information content (AvgIpc) is 2.89. The SMILES string of the molecule is Cn1c(CC(=O)O)nc2c1c(=O)n(Cc1ccc(Cl)c(Cl)c1)c(=O)n2C. The predicted molar refractivity (Wildman–Crippen MR) is 97.1 cm³/mol. The summed E-state index contributed by atoms with van der Waals surface area (Å²) in [6, 6.07) is 4.84. The molecule has 0 aliphatic heterocycles. The van der Waals surface area contributed by atoms with Crippen LogP contribution in [0.2, 0.25) is 10.0 Å². The first-order valence-corrected chi connectivity index (χ1v) is 8.27. The summed E-state index contributed by atoms with van der Waals surface area (Å²) in [6.45, 7) is -0.00220. The quantitative estimate of drug-likeness (QED) is 0.718. The van der Waals surface area contributed by atoms with Crippen molar-refractivity contribution < 1.29 is 9.90 Å². The number of carbonyl (C=O) groups is 1. The lowest BCUT2D eigenvalue weighted by atomic mass is 10.2. The van der Waals surface area contributed by atoms with Gasteiger partial charge in [-0.1, -0.05) is 29.3 Å². The number of aromatic nitrogens is 4. The molecule has 1 aromatic carbocycles. The van der Waals surface area contributed by atoms with Crippen LogP contribution < -0.4 is 11.2 Å². The summed E-state index contributed by atoms with van der Waals surface area (Å²) in [7, 11) is 3.02. The van der Waals surface area contributed by atoms with Gasteiger partial charge in [-0.3, -0.25) is 18.7 Å². The highest BCUT2D eigenvalue weighted by Crippen LogP contribution is 2.22. The summed E-state index contributed by atoms with van der Waals surface area (Å²) < 4.78 is 3.67. The molecule has 0 radical (unpaired) electrons. The van der Waals surface area contributed by atoms with Crippen molar-refractivity contribution in [2.75, 3.05) is 0 Å². The maximum absolute atomic E-state index is 12.9. The second-order valence-corrected chi connectivity index (χ2v) is 6.63. The molecule has 2 heterocycles. The number of hydrogen-bond acceptors (Lipinski definition) is 4. The van der Waals surface area contributed by atoms with Gasteiger partial charge < -0.3 is 9.67 Å². The lowest BCUT2D eigenvalue weighted by molar-refractivity contribution is -0.136. The van der Waals surface area contributed by atoms with E-state index in [9.17, 15) is 14.4 Å². The summed E-state index contributed by atoms with van der Waals surface area (Å²) in [4.78, 5) is 40.6. The zero-order chi connectivity index (χ0) is 19.2. The molecule has 136 valence electrons. The van der Waals surface area contributed by atoms with Gasteiger partial charge >= 0.3 is 11.7 Å². The van der Waals surface area contributed by atoms with Crippen LogP contribution in [0.3, 0.4) is 0 Å². The Morgan fingerprint density at radius 1 is 1.15 bits per heavy atom. The normalized spacial score (nSPS) is 11.2. The van der Waals surface area contributed by atoms with Crippen molar-refractivity contribution in [3.05, 3.63) is 60.5 Å². The Balaban J connectivity index is 2.21. The lowest BCUT2D eigenvalue weighted by Crippen LogP contribution is -2.39. The standard InChI is InChI=1S/C16H14Cl2N4O4/c1-20-11(6-12(23)24)19-14-13(20)15(25)22(16(26)21(14)2)7-8-3-4-9(17)10(18)5-8/h3-5H,6-7H2,1-2H3,(H,23,24). The molecule has 8 nitrogen and oxygen atoms in total. The molecule has 0 fully saturated rings. The van der Waals surface area contributed by atoms with Crippen LogP contribution in [-0.4, -0.2) is 29.8 Å². The molecule has 3 aromatic rings. The van der Waals surface area contributed by atoms with Crippen molar-refractivity contribution in [2.45, 2.75) is 13.0 Å². The zero-order valence-corrected chi connectivity index (χ0v) is 15.4. The van der Waals surface area contributed by atoms with Crippen molar-refractivity contribution >= 4 is 40.3 Å². The van der Waals surface area contributed by atoms with E-state index in [2.05, 4.69) is 4.98 Å². The van der Waals surface area contributed by atoms with Crippen LogP contribution >= 0.6 is 23.2 Å². The Morgan fingerprint density at radius 2 is 1.85 bits per heavy atom. The first-order chi connectivity index (χ1) is 12.2. The molecule has 26 heavy (non-hydrogen) atoms. The van der Waals surface area contributed by atoms with Gasteiger partial charge in [0, 0.05) is 14.1 Å². The van der Waals surface area contributed by atoms with E-state index in [0.717, 1.165) is 4.57 Å². The molecule has 0 aliphatic carbocycles. The molecule has 0 atom stereocenters. The molecule has 0 saturated heterocycles. The third-order valence-electron chi connectivity index (χ3n) is 4.09. The number of rotatable bonds is 4. The Hall–Kier alpha value is -2.58. The minimum Gasteiger partial charge on any atom is -0.481 e. The van der Waals surface area contributed by atoms with Crippen LogP contribution in [-0.2, 0) is 31.9 Å². The summed E-state index contributed by atoms with van der Waals surface area (Å²) in [5.74, 6) is -0.892. The topological polar surface area (TPSA) is 99.1 Å². The molecule has 10 heteroatoms. The number of halogens is 2. The number of carboxylic acid groups (broad SMARTS) is 1. The fourth-order valence-electron chi connectivity index (χ4n) is 2.74. The Morgan fingerprint density at radius 3 is 2.46 bits per heavy atom. The number of nitrogens with zero attached hydrogens (tertiary/aromatic N) is 4. The smallest absolute Gasteiger partial charge is 0.332 e. The summed E-state index contributed by atoms with van der Waals surface area (Å²) in [6.07, 6.45) is -0.356. The molecular formula is C16H14Cl2N4O4. The van der Waals surface area contributed by atoms with Gasteiger partial charge in [0.2, 0.25) is 0 Å². The van der Waals surface area contributed by atoms with Crippen molar-refractivity contribution in [3.63, 3.8) is 0 Å². The van der Waals surface area contributed by atoms with E-state index in [0.29, 0.717) is 15.6 Å². The maximum Gasteiger partial charge on any atom is 0.332 e. The minimum absolute atomic E-state index is 0.00220. The highest BCUT2D eigenvalue weighted by atomic mass is 35.5. The second kappa shape index (κ2) is 6.62. The molecule has 0 aliphatic rings. The molecule has 0 bridgehead atoms. The van der Waals surface area contributed by atoms with Crippen molar-refractivity contribution in [3.8, 4) is 0 Å². The molecular weight excluding hydrogens is 383 g/mol. The van der Waals surface area contributed by atoms with Crippen LogP contribution in [0.25, 0.3) is 11.2 Å². The molecule has 0 saturated carbocycles. The lowest BCUT2D eigenvalue weighted by Gasteiger charge is -2.09. The van der Waals surface area contributed by atoms with Crippen molar-refractivity contribution in [2.24, 2.45) is 14.1 Å². The van der Waals surface area contributed by atoms with Crippen molar-refractivity contribution in [1.82, 2.24) is 18.7 Å². The maximum atomic E-state index is 12.9. The van der Waals surface area contributed by atoms with E-state index in [1.54, 1.807) is 25.2 Å². The van der Waals surface area contributed by atoms with Gasteiger partial charge in [0.05, 0.1) is 16.6 Å². The number of hydrogen-bond donors (Lipinski definition) is 1. The van der Waals surface area contributed by atoms with E-state index in [-0.39, 0.29) is 30.0 Å². The van der Waals surface area contributed by atoms with Gasteiger partial charge in [-0.25, -0.2) is 9.78 Å². The van der Waals surface area contributed by atoms with E-state index >= 15 is 0 Å². The van der Waals surface area contributed by atoms with Gasteiger partial charge in [0.25, 0.3) is 5.56 Å². The van der Waals surface area contributed by atoms with Gasteiger partial charge in [0.15, 0.2) is 11.2 Å². The predicted octanol–water partition coefficient (Wildman–Crippen LogP) is 1.42. The second-order valence-electron chi connectivity index (χ2n) is 5.81. The number of imidazole rings is 1. The molecule has 0 unspecified atom stereocenters. The first kappa shape index (κ1) is 18.2. The number of benzene rings is 1. The summed E-state index contributed by atoms with van der Waals surface area (Å²) >= 11 is 11.9. The number of aliphatic carboxylic acids is 1. The minimum atomic E-state index is -1.08. The van der Waals surface area contributed by atoms with Gasteiger partial charge in [-0.15, -0.1) is 0 Å². The zero-order valence-electron chi connectivity index (χ0n) is 13.9. The third kappa shape index (κ3) is 3.02. The highest BCUT2D eigenvalue weighted by molar-refractivity contribution is 6.42. The number of carboxylic acids is 1. The van der Waals surface area contributed by atoms with Crippen LogP contribution in [0.5, 0.6) is 0 Å². The van der Waals surface area contributed by atoms with Crippen LogP contribution in [0.15, 0.2) is 27.8 Å². The van der Waals surface area contributed by atoms with Gasteiger partial charge in [-0.2, -0.15) is 0 Å². The van der Waals surface area contributed by atoms with Crippen LogP contribution in [0, 0.1) is 0 Å². The van der Waals surface area contributed by atoms with E-state index in [1.807, 2.05) is 0 Å². The van der Waals surface area contributed by atoms with Crippen LogP contribution in [0.1, 0.15) is 11.4 Å². The molecule has 0 spiro atoms. The summed E-state index contributed by atoms with van der Waals surface area (Å²) in [5, 5.41) is 9.67. The van der Waals surface area contributed by atoms with E-state index < -0.39 is 17.2 Å². The average molecular weight is 397 g/mol.